The van der Waals surface area contributed by atoms with Gasteiger partial charge in [-0.05, 0) is 38.7 Å². The lowest BCUT2D eigenvalue weighted by molar-refractivity contribution is 0.0986. The lowest BCUT2D eigenvalue weighted by Crippen LogP contribution is -2.29. The predicted octanol–water partition coefficient (Wildman–Crippen LogP) is 3.30. The summed E-state index contributed by atoms with van der Waals surface area (Å²) in [6, 6.07) is 8.14. The average Bonchev–Trinajstić information content (AvgIpc) is 2.31. The van der Waals surface area contributed by atoms with Crippen LogP contribution in [0.4, 0.5) is 8.78 Å². The Morgan fingerprint density at radius 2 is 2.00 bits per heavy atom. The molecule has 0 heterocycles. The van der Waals surface area contributed by atoms with Gasteiger partial charge in [0.1, 0.15) is 0 Å². The molecule has 1 atom stereocenters. The molecular weight excluding hydrogens is 302 g/mol. The van der Waals surface area contributed by atoms with E-state index in [2.05, 4.69) is 21.2 Å². The van der Waals surface area contributed by atoms with E-state index in [9.17, 15) is 8.78 Å². The average molecular weight is 321 g/mol. The van der Waals surface area contributed by atoms with Crippen molar-refractivity contribution in [2.75, 3.05) is 27.2 Å². The minimum atomic E-state index is -2.27. The molecule has 0 saturated carbocycles. The summed E-state index contributed by atoms with van der Waals surface area (Å²) in [4.78, 5) is 1.66. The first kappa shape index (κ1) is 15.5. The molecule has 2 nitrogen and oxygen atoms in total. The van der Waals surface area contributed by atoms with Crippen LogP contribution in [0.25, 0.3) is 0 Å². The van der Waals surface area contributed by atoms with Crippen LogP contribution in [-0.2, 0) is 0 Å². The third-order valence-electron chi connectivity index (χ3n) is 2.88. The molecule has 0 aliphatic carbocycles. The van der Waals surface area contributed by atoms with Crippen molar-refractivity contribution < 1.29 is 8.78 Å². The molecule has 1 unspecified atom stereocenters. The van der Waals surface area contributed by atoms with Gasteiger partial charge in [-0.1, -0.05) is 34.1 Å². The zero-order valence-electron chi connectivity index (χ0n) is 10.7. The van der Waals surface area contributed by atoms with Gasteiger partial charge in [0.15, 0.2) is 0 Å². The molecule has 102 valence electrons. The number of alkyl halides is 2. The van der Waals surface area contributed by atoms with E-state index in [0.717, 1.165) is 16.5 Å². The Morgan fingerprint density at radius 1 is 1.33 bits per heavy atom. The molecular formula is C13H19BrF2N2. The number of hydrogen-bond donors (Lipinski definition) is 1. The normalized spacial score (nSPS) is 13.3. The summed E-state index contributed by atoms with van der Waals surface area (Å²) in [5, 5.41) is 3.22. The monoisotopic (exact) mass is 320 g/mol. The van der Waals surface area contributed by atoms with Crippen LogP contribution in [0.1, 0.15) is 18.0 Å². The number of benzene rings is 1. The maximum atomic E-state index is 12.2. The molecule has 0 fully saturated rings. The van der Waals surface area contributed by atoms with Gasteiger partial charge in [-0.15, -0.1) is 0 Å². The molecule has 0 bridgehead atoms. The van der Waals surface area contributed by atoms with E-state index in [1.807, 2.05) is 31.3 Å². The SMILES string of the molecule is CNC(CCN(C)CC(F)F)c1ccccc1Br. The Labute approximate surface area is 115 Å². The van der Waals surface area contributed by atoms with Crippen molar-refractivity contribution in [2.45, 2.75) is 18.9 Å². The van der Waals surface area contributed by atoms with Gasteiger partial charge in [0.25, 0.3) is 6.43 Å². The fraction of sp³-hybridized carbons (Fsp3) is 0.538. The molecule has 18 heavy (non-hydrogen) atoms. The Morgan fingerprint density at radius 3 is 2.56 bits per heavy atom. The van der Waals surface area contributed by atoms with Crippen molar-refractivity contribution in [3.05, 3.63) is 34.3 Å². The summed E-state index contributed by atoms with van der Waals surface area (Å²) in [7, 11) is 3.61. The Hall–Kier alpha value is -0.520. The summed E-state index contributed by atoms with van der Waals surface area (Å²) in [5.74, 6) is 0. The standard InChI is InChI=1S/C13H19BrF2N2/c1-17-12(7-8-18(2)9-13(15)16)10-5-3-4-6-11(10)14/h3-6,12-13,17H,7-9H2,1-2H3. The molecule has 0 spiro atoms. The van der Waals surface area contributed by atoms with Gasteiger partial charge in [-0.2, -0.15) is 0 Å². The Kier molecular flexibility index (Phi) is 6.75. The van der Waals surface area contributed by atoms with E-state index in [1.54, 1.807) is 11.9 Å². The van der Waals surface area contributed by atoms with Crippen LogP contribution >= 0.6 is 15.9 Å². The zero-order valence-corrected chi connectivity index (χ0v) is 12.3. The summed E-state index contributed by atoms with van der Waals surface area (Å²) >= 11 is 3.51. The maximum absolute atomic E-state index is 12.2. The van der Waals surface area contributed by atoms with E-state index in [1.165, 1.54) is 0 Å². The van der Waals surface area contributed by atoms with Crippen molar-refractivity contribution in [3.8, 4) is 0 Å². The molecule has 0 aliphatic rings. The first-order chi connectivity index (χ1) is 8.54. The number of halogens is 3. The second-order valence-corrected chi connectivity index (χ2v) is 5.16. The van der Waals surface area contributed by atoms with Gasteiger partial charge in [-0.3, -0.25) is 0 Å². The predicted molar refractivity (Wildman–Crippen MR) is 74.1 cm³/mol. The number of rotatable bonds is 7. The van der Waals surface area contributed by atoms with Crippen molar-refractivity contribution in [2.24, 2.45) is 0 Å². The van der Waals surface area contributed by atoms with Crippen LogP contribution in [0.2, 0.25) is 0 Å². The lowest BCUT2D eigenvalue weighted by atomic mass is 10.0. The third kappa shape index (κ3) is 5.00. The summed E-state index contributed by atoms with van der Waals surface area (Å²) in [6.07, 6.45) is -1.48. The second kappa shape index (κ2) is 7.81. The number of nitrogens with zero attached hydrogens (tertiary/aromatic N) is 1. The fourth-order valence-electron chi connectivity index (χ4n) is 1.89. The minimum Gasteiger partial charge on any atom is -0.313 e. The van der Waals surface area contributed by atoms with Gasteiger partial charge in [0, 0.05) is 10.5 Å². The first-order valence-electron chi connectivity index (χ1n) is 5.93. The van der Waals surface area contributed by atoms with E-state index in [0.29, 0.717) is 6.54 Å². The highest BCUT2D eigenvalue weighted by atomic mass is 79.9. The highest BCUT2D eigenvalue weighted by Gasteiger charge is 2.14. The van der Waals surface area contributed by atoms with Gasteiger partial charge in [0.2, 0.25) is 0 Å². The highest BCUT2D eigenvalue weighted by molar-refractivity contribution is 9.10. The molecule has 0 amide bonds. The molecule has 5 heteroatoms. The van der Waals surface area contributed by atoms with E-state index >= 15 is 0 Å². The second-order valence-electron chi connectivity index (χ2n) is 4.30. The Balaban J connectivity index is 2.55. The zero-order chi connectivity index (χ0) is 13.5. The maximum Gasteiger partial charge on any atom is 0.251 e. The molecule has 1 aromatic rings. The fourth-order valence-corrected chi connectivity index (χ4v) is 2.45. The number of nitrogens with one attached hydrogen (secondary N) is 1. The van der Waals surface area contributed by atoms with Crippen LogP contribution in [0.15, 0.2) is 28.7 Å². The van der Waals surface area contributed by atoms with E-state index in [4.69, 9.17) is 0 Å². The van der Waals surface area contributed by atoms with Gasteiger partial charge in [0.05, 0.1) is 6.54 Å². The van der Waals surface area contributed by atoms with Crippen LogP contribution in [0, 0.1) is 0 Å². The van der Waals surface area contributed by atoms with Crippen molar-refractivity contribution in [3.63, 3.8) is 0 Å². The summed E-state index contributed by atoms with van der Waals surface area (Å²) in [6.45, 7) is 0.462. The topological polar surface area (TPSA) is 15.3 Å². The minimum absolute atomic E-state index is 0.167. The molecule has 1 rings (SSSR count). The molecule has 0 aromatic heterocycles. The molecule has 1 aromatic carbocycles. The lowest BCUT2D eigenvalue weighted by Gasteiger charge is -2.22. The number of hydrogen-bond acceptors (Lipinski definition) is 2. The molecule has 0 saturated heterocycles. The molecule has 0 radical (unpaired) electrons. The molecule has 1 N–H and O–H groups in total. The van der Waals surface area contributed by atoms with Gasteiger partial charge >= 0.3 is 0 Å². The van der Waals surface area contributed by atoms with Crippen molar-refractivity contribution in [1.82, 2.24) is 10.2 Å². The quantitative estimate of drug-likeness (QED) is 0.829. The van der Waals surface area contributed by atoms with Crippen molar-refractivity contribution >= 4 is 15.9 Å². The van der Waals surface area contributed by atoms with Crippen LogP contribution in [0.5, 0.6) is 0 Å². The van der Waals surface area contributed by atoms with Crippen molar-refractivity contribution in [1.29, 1.82) is 0 Å². The van der Waals surface area contributed by atoms with Crippen LogP contribution < -0.4 is 5.32 Å². The van der Waals surface area contributed by atoms with Gasteiger partial charge in [-0.25, -0.2) is 8.78 Å². The molecule has 0 aliphatic heterocycles. The van der Waals surface area contributed by atoms with E-state index in [-0.39, 0.29) is 12.6 Å². The third-order valence-corrected chi connectivity index (χ3v) is 3.60. The van der Waals surface area contributed by atoms with Crippen LogP contribution in [-0.4, -0.2) is 38.5 Å². The van der Waals surface area contributed by atoms with E-state index < -0.39 is 6.43 Å². The summed E-state index contributed by atoms with van der Waals surface area (Å²) in [5.41, 5.74) is 1.16. The Bertz CT molecular complexity index is 361. The highest BCUT2D eigenvalue weighted by Crippen LogP contribution is 2.25. The van der Waals surface area contributed by atoms with Crippen LogP contribution in [0.3, 0.4) is 0 Å². The van der Waals surface area contributed by atoms with Gasteiger partial charge < -0.3 is 10.2 Å². The smallest absolute Gasteiger partial charge is 0.251 e. The first-order valence-corrected chi connectivity index (χ1v) is 6.72. The summed E-state index contributed by atoms with van der Waals surface area (Å²) < 4.78 is 25.5. The largest absolute Gasteiger partial charge is 0.313 e.